The maximum Gasteiger partial charge on any atom is 0.257 e. The van der Waals surface area contributed by atoms with Gasteiger partial charge in [-0.25, -0.2) is 0 Å². The van der Waals surface area contributed by atoms with Crippen molar-refractivity contribution in [3.63, 3.8) is 0 Å². The second-order valence-corrected chi connectivity index (χ2v) is 6.91. The summed E-state index contributed by atoms with van der Waals surface area (Å²) in [6, 6.07) is 8.52. The first-order chi connectivity index (χ1) is 11.9. The molecule has 4 rings (SSSR count). The highest BCUT2D eigenvalue weighted by Gasteiger charge is 2.23. The molecule has 2 fully saturated rings. The van der Waals surface area contributed by atoms with E-state index in [1.54, 1.807) is 0 Å². The predicted octanol–water partition coefficient (Wildman–Crippen LogP) is 3.62. The van der Waals surface area contributed by atoms with Gasteiger partial charge in [0.25, 0.3) is 5.89 Å². The first-order valence-corrected chi connectivity index (χ1v) is 9.11. The summed E-state index contributed by atoms with van der Waals surface area (Å²) < 4.78 is 10.9. The summed E-state index contributed by atoms with van der Waals surface area (Å²) in [4.78, 5) is 7.15. The lowest BCUT2D eigenvalue weighted by Crippen LogP contribution is -2.23. The number of likely N-dealkylation sites (tertiary alicyclic amines) is 1. The van der Waals surface area contributed by atoms with Crippen LogP contribution in [0.25, 0.3) is 11.5 Å². The molecule has 0 saturated carbocycles. The maximum absolute atomic E-state index is 5.50. The topological polar surface area (TPSA) is 51.4 Å². The van der Waals surface area contributed by atoms with Crippen molar-refractivity contribution in [2.24, 2.45) is 0 Å². The van der Waals surface area contributed by atoms with E-state index in [0.717, 1.165) is 31.0 Å². The third-order valence-electron chi connectivity index (χ3n) is 5.02. The first-order valence-electron chi connectivity index (χ1n) is 9.11. The van der Waals surface area contributed by atoms with Crippen LogP contribution in [0.3, 0.4) is 0 Å². The summed E-state index contributed by atoms with van der Waals surface area (Å²) in [6.45, 7) is 4.91. The molecule has 5 heteroatoms. The van der Waals surface area contributed by atoms with Gasteiger partial charge in [0.15, 0.2) is 5.82 Å². The summed E-state index contributed by atoms with van der Waals surface area (Å²) in [5.74, 6) is 1.68. The molecule has 3 heterocycles. The van der Waals surface area contributed by atoms with Gasteiger partial charge >= 0.3 is 0 Å². The van der Waals surface area contributed by atoms with E-state index in [1.807, 2.05) is 6.07 Å². The standard InChI is InChI=1S/C19H25N3O2/c1-2-4-10-22(9-3-1)13-15-6-5-7-16(12-15)19-20-18(21-24-19)17-8-11-23-14-17/h5-7,12,17H,1-4,8-11,13-14H2/t17-/m1/s1. The quantitative estimate of drug-likeness (QED) is 0.858. The Hall–Kier alpha value is -1.72. The molecule has 5 nitrogen and oxygen atoms in total. The third kappa shape index (κ3) is 3.68. The van der Waals surface area contributed by atoms with Crippen molar-refractivity contribution < 1.29 is 9.26 Å². The number of benzene rings is 1. The fourth-order valence-corrected chi connectivity index (χ4v) is 3.61. The molecule has 0 N–H and O–H groups in total. The van der Waals surface area contributed by atoms with Gasteiger partial charge < -0.3 is 9.26 Å². The van der Waals surface area contributed by atoms with Gasteiger partial charge in [-0.15, -0.1) is 0 Å². The van der Waals surface area contributed by atoms with Crippen LogP contribution in [0.15, 0.2) is 28.8 Å². The molecule has 1 aromatic carbocycles. The molecule has 128 valence electrons. The maximum atomic E-state index is 5.50. The summed E-state index contributed by atoms with van der Waals surface area (Å²) in [7, 11) is 0. The molecule has 0 bridgehead atoms. The molecular formula is C19H25N3O2. The number of aromatic nitrogens is 2. The van der Waals surface area contributed by atoms with Crippen LogP contribution in [0, 0.1) is 0 Å². The molecule has 0 unspecified atom stereocenters. The molecule has 0 aliphatic carbocycles. The molecular weight excluding hydrogens is 302 g/mol. The molecule has 2 saturated heterocycles. The minimum Gasteiger partial charge on any atom is -0.381 e. The average Bonchev–Trinajstić information content (AvgIpc) is 3.24. The van der Waals surface area contributed by atoms with Crippen molar-refractivity contribution in [2.75, 3.05) is 26.3 Å². The van der Waals surface area contributed by atoms with E-state index < -0.39 is 0 Å². The highest BCUT2D eigenvalue weighted by molar-refractivity contribution is 5.54. The van der Waals surface area contributed by atoms with Gasteiger partial charge in [0, 0.05) is 24.6 Å². The first kappa shape index (κ1) is 15.8. The Labute approximate surface area is 143 Å². The Balaban J connectivity index is 1.47. The summed E-state index contributed by atoms with van der Waals surface area (Å²) >= 11 is 0. The van der Waals surface area contributed by atoms with E-state index in [-0.39, 0.29) is 5.92 Å². The van der Waals surface area contributed by atoms with Crippen LogP contribution < -0.4 is 0 Å². The lowest BCUT2D eigenvalue weighted by molar-refractivity contribution is 0.192. The molecule has 2 aliphatic rings. The van der Waals surface area contributed by atoms with Crippen LogP contribution in [-0.2, 0) is 11.3 Å². The Bertz CT molecular complexity index is 656. The van der Waals surface area contributed by atoms with E-state index in [0.29, 0.717) is 12.5 Å². The summed E-state index contributed by atoms with van der Waals surface area (Å²) in [6.07, 6.45) is 6.35. The van der Waals surface area contributed by atoms with Crippen LogP contribution in [-0.4, -0.2) is 41.3 Å². The zero-order valence-electron chi connectivity index (χ0n) is 14.1. The summed E-state index contributed by atoms with van der Waals surface area (Å²) in [5, 5.41) is 4.16. The highest BCUT2D eigenvalue weighted by Crippen LogP contribution is 2.26. The van der Waals surface area contributed by atoms with Crippen LogP contribution >= 0.6 is 0 Å². The highest BCUT2D eigenvalue weighted by atomic mass is 16.5. The van der Waals surface area contributed by atoms with Crippen LogP contribution in [0.1, 0.15) is 49.4 Å². The minimum absolute atomic E-state index is 0.280. The Kier molecular flexibility index (Phi) is 4.90. The van der Waals surface area contributed by atoms with E-state index in [4.69, 9.17) is 9.26 Å². The van der Waals surface area contributed by atoms with Gasteiger partial charge in [-0.2, -0.15) is 4.98 Å². The second-order valence-electron chi connectivity index (χ2n) is 6.91. The van der Waals surface area contributed by atoms with Crippen LogP contribution in [0.2, 0.25) is 0 Å². The van der Waals surface area contributed by atoms with E-state index >= 15 is 0 Å². The molecule has 0 amide bonds. The van der Waals surface area contributed by atoms with Crippen molar-refractivity contribution >= 4 is 0 Å². The van der Waals surface area contributed by atoms with Gasteiger partial charge in [-0.05, 0) is 50.0 Å². The SMILES string of the molecule is c1cc(CN2CCCCCC2)cc(-c2nc([C@@H]3CCOC3)no2)c1. The molecule has 1 aromatic heterocycles. The fraction of sp³-hybridized carbons (Fsp3) is 0.579. The fourth-order valence-electron chi connectivity index (χ4n) is 3.61. The molecule has 2 aliphatic heterocycles. The lowest BCUT2D eigenvalue weighted by Gasteiger charge is -2.19. The van der Waals surface area contributed by atoms with Crippen molar-refractivity contribution in [1.29, 1.82) is 0 Å². The number of nitrogens with zero attached hydrogens (tertiary/aromatic N) is 3. The van der Waals surface area contributed by atoms with Gasteiger partial charge in [0.2, 0.25) is 0 Å². The van der Waals surface area contributed by atoms with Crippen LogP contribution in [0.5, 0.6) is 0 Å². The van der Waals surface area contributed by atoms with Gasteiger partial charge in [0.1, 0.15) is 0 Å². The minimum atomic E-state index is 0.280. The zero-order valence-corrected chi connectivity index (χ0v) is 14.1. The van der Waals surface area contributed by atoms with Gasteiger partial charge in [-0.1, -0.05) is 30.1 Å². The van der Waals surface area contributed by atoms with Crippen molar-refractivity contribution in [3.8, 4) is 11.5 Å². The van der Waals surface area contributed by atoms with E-state index in [9.17, 15) is 0 Å². The number of rotatable bonds is 4. The van der Waals surface area contributed by atoms with Gasteiger partial charge in [0.05, 0.1) is 6.61 Å². The third-order valence-corrected chi connectivity index (χ3v) is 5.02. The Morgan fingerprint density at radius 1 is 1.12 bits per heavy atom. The summed E-state index contributed by atoms with van der Waals surface area (Å²) in [5.41, 5.74) is 2.33. The molecule has 0 spiro atoms. The van der Waals surface area contributed by atoms with Crippen LogP contribution in [0.4, 0.5) is 0 Å². The van der Waals surface area contributed by atoms with Crippen molar-refractivity contribution in [2.45, 2.75) is 44.6 Å². The lowest BCUT2D eigenvalue weighted by atomic mass is 10.1. The number of hydrogen-bond acceptors (Lipinski definition) is 5. The second kappa shape index (κ2) is 7.45. The normalized spacial score (nSPS) is 22.6. The largest absolute Gasteiger partial charge is 0.381 e. The van der Waals surface area contributed by atoms with Gasteiger partial charge in [-0.3, -0.25) is 4.90 Å². The Morgan fingerprint density at radius 3 is 2.79 bits per heavy atom. The smallest absolute Gasteiger partial charge is 0.257 e. The van der Waals surface area contributed by atoms with E-state index in [2.05, 4.69) is 33.2 Å². The molecule has 1 atom stereocenters. The van der Waals surface area contributed by atoms with Crippen molar-refractivity contribution in [1.82, 2.24) is 15.0 Å². The zero-order chi connectivity index (χ0) is 16.2. The monoisotopic (exact) mass is 327 g/mol. The molecule has 24 heavy (non-hydrogen) atoms. The number of hydrogen-bond donors (Lipinski definition) is 0. The molecule has 0 radical (unpaired) electrons. The van der Waals surface area contributed by atoms with E-state index in [1.165, 1.54) is 44.3 Å². The predicted molar refractivity (Wildman–Crippen MR) is 91.7 cm³/mol. The molecule has 2 aromatic rings. The Morgan fingerprint density at radius 2 is 2.00 bits per heavy atom. The number of ether oxygens (including phenoxy) is 1. The van der Waals surface area contributed by atoms with Crippen molar-refractivity contribution in [3.05, 3.63) is 35.7 Å². The average molecular weight is 327 g/mol.